The molecular formula is C18H23NO5S. The van der Waals surface area contributed by atoms with Crippen LogP contribution in [0, 0.1) is 13.8 Å². The SMILES string of the molecule is COc1ccc(OCCNS(=O)(=O)c2c(C)cc(OC)cc2C)cc1. The number of rotatable bonds is 8. The summed E-state index contributed by atoms with van der Waals surface area (Å²) in [4.78, 5) is 0.276. The van der Waals surface area contributed by atoms with Crippen molar-refractivity contribution in [3.05, 3.63) is 47.5 Å². The van der Waals surface area contributed by atoms with Crippen molar-refractivity contribution in [2.45, 2.75) is 18.7 Å². The fraction of sp³-hybridized carbons (Fsp3) is 0.333. The van der Waals surface area contributed by atoms with E-state index in [4.69, 9.17) is 14.2 Å². The van der Waals surface area contributed by atoms with Gasteiger partial charge in [-0.25, -0.2) is 13.1 Å². The van der Waals surface area contributed by atoms with Gasteiger partial charge in [0, 0.05) is 6.54 Å². The first-order valence-electron chi connectivity index (χ1n) is 7.79. The van der Waals surface area contributed by atoms with E-state index in [1.807, 2.05) is 0 Å². The summed E-state index contributed by atoms with van der Waals surface area (Å²) in [5, 5.41) is 0. The van der Waals surface area contributed by atoms with Crippen LogP contribution in [0.2, 0.25) is 0 Å². The average Bonchev–Trinajstić information content (AvgIpc) is 2.58. The molecule has 136 valence electrons. The van der Waals surface area contributed by atoms with Gasteiger partial charge in [-0.1, -0.05) is 0 Å². The topological polar surface area (TPSA) is 73.9 Å². The Morgan fingerprint density at radius 3 is 1.92 bits per heavy atom. The van der Waals surface area contributed by atoms with Crippen molar-refractivity contribution in [3.63, 3.8) is 0 Å². The Labute approximate surface area is 148 Å². The summed E-state index contributed by atoms with van der Waals surface area (Å²) in [5.41, 5.74) is 1.28. The molecule has 0 aliphatic carbocycles. The third kappa shape index (κ3) is 4.87. The van der Waals surface area contributed by atoms with Gasteiger partial charge in [-0.3, -0.25) is 0 Å². The van der Waals surface area contributed by atoms with Gasteiger partial charge in [0.05, 0.1) is 19.1 Å². The molecule has 0 bridgehead atoms. The lowest BCUT2D eigenvalue weighted by Gasteiger charge is -2.14. The Morgan fingerprint density at radius 2 is 1.40 bits per heavy atom. The van der Waals surface area contributed by atoms with E-state index in [1.54, 1.807) is 64.5 Å². The first-order chi connectivity index (χ1) is 11.9. The molecular weight excluding hydrogens is 342 g/mol. The van der Waals surface area contributed by atoms with E-state index in [0.29, 0.717) is 22.6 Å². The summed E-state index contributed by atoms with van der Waals surface area (Å²) < 4.78 is 43.4. The number of sulfonamides is 1. The van der Waals surface area contributed by atoms with E-state index in [-0.39, 0.29) is 18.0 Å². The smallest absolute Gasteiger partial charge is 0.241 e. The van der Waals surface area contributed by atoms with Crippen LogP contribution >= 0.6 is 0 Å². The monoisotopic (exact) mass is 365 g/mol. The summed E-state index contributed by atoms with van der Waals surface area (Å²) in [6.45, 7) is 3.88. The highest BCUT2D eigenvalue weighted by Gasteiger charge is 2.20. The lowest BCUT2D eigenvalue weighted by atomic mass is 10.1. The van der Waals surface area contributed by atoms with Crippen LogP contribution in [0.1, 0.15) is 11.1 Å². The first kappa shape index (κ1) is 19.1. The van der Waals surface area contributed by atoms with Gasteiger partial charge in [0.2, 0.25) is 10.0 Å². The van der Waals surface area contributed by atoms with Crippen molar-refractivity contribution in [2.24, 2.45) is 0 Å². The van der Waals surface area contributed by atoms with Crippen LogP contribution in [0.3, 0.4) is 0 Å². The average molecular weight is 365 g/mol. The van der Waals surface area contributed by atoms with Crippen LogP contribution in [0.15, 0.2) is 41.3 Å². The minimum atomic E-state index is -3.62. The third-order valence-corrected chi connectivity index (χ3v) is 5.43. The van der Waals surface area contributed by atoms with Crippen LogP contribution in [-0.2, 0) is 10.0 Å². The summed E-state index contributed by atoms with van der Waals surface area (Å²) in [6.07, 6.45) is 0. The quantitative estimate of drug-likeness (QED) is 0.728. The third-order valence-electron chi connectivity index (χ3n) is 3.66. The van der Waals surface area contributed by atoms with Gasteiger partial charge < -0.3 is 14.2 Å². The van der Waals surface area contributed by atoms with Crippen LogP contribution in [0.25, 0.3) is 0 Å². The molecule has 6 nitrogen and oxygen atoms in total. The minimum absolute atomic E-state index is 0.166. The Balaban J connectivity index is 1.97. The zero-order valence-corrected chi connectivity index (χ0v) is 15.6. The van der Waals surface area contributed by atoms with Crippen molar-refractivity contribution in [1.82, 2.24) is 4.72 Å². The first-order valence-corrected chi connectivity index (χ1v) is 9.27. The maximum absolute atomic E-state index is 12.5. The summed E-state index contributed by atoms with van der Waals surface area (Å²) in [7, 11) is -0.473. The molecule has 0 aliphatic rings. The molecule has 0 aliphatic heterocycles. The van der Waals surface area contributed by atoms with Gasteiger partial charge >= 0.3 is 0 Å². The number of ether oxygens (including phenoxy) is 3. The summed E-state index contributed by atoms with van der Waals surface area (Å²) in [6, 6.07) is 10.5. The molecule has 0 aromatic heterocycles. The van der Waals surface area contributed by atoms with Gasteiger partial charge in [0.15, 0.2) is 0 Å². The molecule has 0 unspecified atom stereocenters. The van der Waals surface area contributed by atoms with Gasteiger partial charge in [0.25, 0.3) is 0 Å². The second-order valence-corrected chi connectivity index (χ2v) is 7.22. The second kappa shape index (κ2) is 8.22. The predicted octanol–water partition coefficient (Wildman–Crippen LogP) is 2.68. The van der Waals surface area contributed by atoms with Crippen LogP contribution in [0.5, 0.6) is 17.2 Å². The maximum Gasteiger partial charge on any atom is 0.241 e. The molecule has 0 saturated carbocycles. The Bertz CT molecular complexity index is 793. The largest absolute Gasteiger partial charge is 0.497 e. The fourth-order valence-corrected chi connectivity index (χ4v) is 4.00. The number of nitrogens with one attached hydrogen (secondary N) is 1. The fourth-order valence-electron chi connectivity index (χ4n) is 2.54. The number of methoxy groups -OCH3 is 2. The highest BCUT2D eigenvalue weighted by molar-refractivity contribution is 7.89. The predicted molar refractivity (Wildman–Crippen MR) is 96.1 cm³/mol. The number of aryl methyl sites for hydroxylation is 2. The lowest BCUT2D eigenvalue weighted by Crippen LogP contribution is -2.29. The highest BCUT2D eigenvalue weighted by atomic mass is 32.2. The highest BCUT2D eigenvalue weighted by Crippen LogP contribution is 2.25. The molecule has 2 aromatic rings. The van der Waals surface area contributed by atoms with E-state index in [1.165, 1.54) is 0 Å². The molecule has 2 rings (SSSR count). The molecule has 0 radical (unpaired) electrons. The van der Waals surface area contributed by atoms with Gasteiger partial charge in [0.1, 0.15) is 23.9 Å². The van der Waals surface area contributed by atoms with Crippen molar-refractivity contribution in [1.29, 1.82) is 0 Å². The molecule has 0 fully saturated rings. The van der Waals surface area contributed by atoms with Crippen LogP contribution < -0.4 is 18.9 Å². The molecule has 0 atom stereocenters. The van der Waals surface area contributed by atoms with Gasteiger partial charge in [-0.15, -0.1) is 0 Å². The van der Waals surface area contributed by atoms with Gasteiger partial charge in [-0.05, 0) is 61.4 Å². The molecule has 1 N–H and O–H groups in total. The van der Waals surface area contributed by atoms with E-state index in [9.17, 15) is 8.42 Å². The molecule has 0 heterocycles. The van der Waals surface area contributed by atoms with Gasteiger partial charge in [-0.2, -0.15) is 0 Å². The molecule has 0 spiro atoms. The minimum Gasteiger partial charge on any atom is -0.497 e. The molecule has 25 heavy (non-hydrogen) atoms. The summed E-state index contributed by atoms with van der Waals surface area (Å²) in [5.74, 6) is 2.02. The zero-order chi connectivity index (χ0) is 18.4. The van der Waals surface area contributed by atoms with E-state index < -0.39 is 10.0 Å². The summed E-state index contributed by atoms with van der Waals surface area (Å²) >= 11 is 0. The molecule has 0 amide bonds. The zero-order valence-electron chi connectivity index (χ0n) is 14.8. The number of benzene rings is 2. The van der Waals surface area contributed by atoms with E-state index in [0.717, 1.165) is 5.75 Å². The van der Waals surface area contributed by atoms with Crippen molar-refractivity contribution in [3.8, 4) is 17.2 Å². The normalized spacial score (nSPS) is 11.2. The Hall–Kier alpha value is -2.25. The Kier molecular flexibility index (Phi) is 6.27. The van der Waals surface area contributed by atoms with Crippen molar-refractivity contribution < 1.29 is 22.6 Å². The van der Waals surface area contributed by atoms with E-state index in [2.05, 4.69) is 4.72 Å². The number of hydrogen-bond acceptors (Lipinski definition) is 5. The number of hydrogen-bond donors (Lipinski definition) is 1. The van der Waals surface area contributed by atoms with Crippen molar-refractivity contribution >= 4 is 10.0 Å². The molecule has 0 saturated heterocycles. The van der Waals surface area contributed by atoms with Crippen LogP contribution in [-0.4, -0.2) is 35.8 Å². The maximum atomic E-state index is 12.5. The molecule has 7 heteroatoms. The molecule has 2 aromatic carbocycles. The standard InChI is InChI=1S/C18H23NO5S/c1-13-11-17(23-4)12-14(2)18(13)25(20,21)19-9-10-24-16-7-5-15(22-3)6-8-16/h5-8,11-12,19H,9-10H2,1-4H3. The van der Waals surface area contributed by atoms with E-state index >= 15 is 0 Å². The van der Waals surface area contributed by atoms with Crippen molar-refractivity contribution in [2.75, 3.05) is 27.4 Å². The Morgan fingerprint density at radius 1 is 0.880 bits per heavy atom. The van der Waals surface area contributed by atoms with Crippen LogP contribution in [0.4, 0.5) is 0 Å². The lowest BCUT2D eigenvalue weighted by molar-refractivity contribution is 0.322. The second-order valence-electron chi connectivity index (χ2n) is 5.51.